The van der Waals surface area contributed by atoms with Crippen molar-refractivity contribution in [1.82, 2.24) is 24.5 Å². The van der Waals surface area contributed by atoms with Crippen molar-refractivity contribution in [3.8, 4) is 23.3 Å². The van der Waals surface area contributed by atoms with E-state index in [1.165, 1.54) is 34.3 Å². The van der Waals surface area contributed by atoms with Crippen LogP contribution in [0.4, 0.5) is 29.6 Å². The van der Waals surface area contributed by atoms with Crippen LogP contribution in [0, 0.1) is 10.1 Å². The minimum Gasteiger partial charge on any atom is -0.481 e. The number of carboxylic acid groups (broad SMARTS) is 1. The number of carbonyl (C=O) groups is 4. The maximum Gasteiger partial charge on any atom is 0.416 e. The molecule has 21 nitrogen and oxygen atoms in total. The van der Waals surface area contributed by atoms with Gasteiger partial charge in [0, 0.05) is 19.2 Å². The zero-order valence-corrected chi connectivity index (χ0v) is 31.4. The number of nitro groups is 1. The Morgan fingerprint density at radius 3 is 2.19 bits per heavy atom. The number of carbonyl (C=O) groups excluding carboxylic acids is 3. The smallest absolute Gasteiger partial charge is 0.416 e. The molecular formula is C31H29ClF3N7O14S. The Balaban J connectivity index is 0.000000310. The summed E-state index contributed by atoms with van der Waals surface area (Å²) < 4.78 is 90.1. The molecule has 1 unspecified atom stereocenters. The topological polar surface area (TPSA) is 280 Å². The molecule has 3 N–H and O–H groups in total. The fraction of sp³-hybridized carbons (Fsp3) is 0.258. The Morgan fingerprint density at radius 1 is 1.04 bits per heavy atom. The van der Waals surface area contributed by atoms with E-state index in [4.69, 9.17) is 40.4 Å². The molecule has 0 aliphatic heterocycles. The fourth-order valence-corrected chi connectivity index (χ4v) is 5.61. The first kappa shape index (κ1) is 44.6. The number of amides is 2. The summed E-state index contributed by atoms with van der Waals surface area (Å²) in [5.74, 6) is -4.04. The highest BCUT2D eigenvalue weighted by Gasteiger charge is 2.32. The van der Waals surface area contributed by atoms with Gasteiger partial charge in [-0.05, 0) is 38.1 Å². The van der Waals surface area contributed by atoms with E-state index in [0.717, 1.165) is 41.2 Å². The lowest BCUT2D eigenvalue weighted by molar-refractivity contribution is -0.385. The third kappa shape index (κ3) is 11.9. The molecule has 2 aromatic heterocycles. The van der Waals surface area contributed by atoms with Crippen LogP contribution in [-0.2, 0) is 37.5 Å². The normalized spacial score (nSPS) is 11.5. The highest BCUT2D eigenvalue weighted by molar-refractivity contribution is 7.90. The number of benzene rings is 2. The SMILES string of the molecule is CCOC(=O)C(C)OC(=O)c1cc(Oc2ccc(C(F)(F)F)cc2Cl)ccc1[N+](=O)[O-].COc1cc(OC)nc(NC(=O)NS(=O)(=O)c2c(C(=O)O)cnn2C)n1. The molecule has 0 radical (unpaired) electrons. The monoisotopic (exact) mass is 847 g/mol. The summed E-state index contributed by atoms with van der Waals surface area (Å²) in [6, 6.07) is 5.49. The number of aromatic nitrogens is 4. The average molecular weight is 848 g/mol. The third-order valence-corrected chi connectivity index (χ3v) is 8.44. The molecule has 4 rings (SSSR count). The van der Waals surface area contributed by atoms with Crippen LogP contribution in [-0.4, -0.2) is 89.1 Å². The van der Waals surface area contributed by atoms with Gasteiger partial charge in [-0.1, -0.05) is 11.6 Å². The van der Waals surface area contributed by atoms with E-state index < -0.39 is 78.6 Å². The molecule has 0 fully saturated rings. The molecule has 26 heteroatoms. The van der Waals surface area contributed by atoms with E-state index in [9.17, 15) is 50.9 Å². The Kier molecular flexibility index (Phi) is 14.7. The average Bonchev–Trinajstić information content (AvgIpc) is 3.54. The molecule has 0 aliphatic carbocycles. The summed E-state index contributed by atoms with van der Waals surface area (Å²) >= 11 is 5.83. The molecule has 0 aliphatic rings. The molecule has 2 aromatic carbocycles. The minimum atomic E-state index is -4.61. The number of ether oxygens (including phenoxy) is 5. The summed E-state index contributed by atoms with van der Waals surface area (Å²) in [5, 5.41) is 24.9. The summed E-state index contributed by atoms with van der Waals surface area (Å²) in [6.07, 6.45) is -5.09. The van der Waals surface area contributed by atoms with Crippen molar-refractivity contribution < 1.29 is 74.5 Å². The van der Waals surface area contributed by atoms with Gasteiger partial charge in [-0.15, -0.1) is 0 Å². The number of carboxylic acids is 1. The van der Waals surface area contributed by atoms with Gasteiger partial charge in [-0.3, -0.25) is 20.1 Å². The highest BCUT2D eigenvalue weighted by atomic mass is 35.5. The number of rotatable bonds is 13. The van der Waals surface area contributed by atoms with E-state index >= 15 is 0 Å². The van der Waals surface area contributed by atoms with Gasteiger partial charge < -0.3 is 28.8 Å². The number of anilines is 1. The predicted molar refractivity (Wildman–Crippen MR) is 186 cm³/mol. The van der Waals surface area contributed by atoms with Crippen LogP contribution in [0.1, 0.15) is 40.1 Å². The van der Waals surface area contributed by atoms with Gasteiger partial charge in [0.25, 0.3) is 15.7 Å². The van der Waals surface area contributed by atoms with E-state index in [1.807, 2.05) is 0 Å². The second-order valence-corrected chi connectivity index (χ2v) is 12.6. The van der Waals surface area contributed by atoms with Crippen molar-refractivity contribution in [3.63, 3.8) is 0 Å². The number of alkyl halides is 3. The van der Waals surface area contributed by atoms with Gasteiger partial charge in [0.1, 0.15) is 22.6 Å². The number of hydrogen-bond acceptors (Lipinski definition) is 16. The van der Waals surface area contributed by atoms with Crippen molar-refractivity contribution in [3.05, 3.63) is 80.5 Å². The van der Waals surface area contributed by atoms with Crippen molar-refractivity contribution in [2.45, 2.75) is 31.2 Å². The van der Waals surface area contributed by atoms with E-state index in [-0.39, 0.29) is 40.8 Å². The summed E-state index contributed by atoms with van der Waals surface area (Å²) in [7, 11) is -0.667. The summed E-state index contributed by atoms with van der Waals surface area (Å²) in [6.45, 7) is 2.81. The number of hydrogen-bond donors (Lipinski definition) is 3. The second kappa shape index (κ2) is 18.7. The van der Waals surface area contributed by atoms with Crippen LogP contribution in [0.25, 0.3) is 0 Å². The van der Waals surface area contributed by atoms with Gasteiger partial charge in [0.2, 0.25) is 17.7 Å². The van der Waals surface area contributed by atoms with Crippen LogP contribution in [0.3, 0.4) is 0 Å². The second-order valence-electron chi connectivity index (χ2n) is 10.6. The van der Waals surface area contributed by atoms with E-state index in [2.05, 4.69) is 20.4 Å². The number of nitro benzene ring substituents is 1. The lowest BCUT2D eigenvalue weighted by Crippen LogP contribution is -2.36. The van der Waals surface area contributed by atoms with Crippen LogP contribution in [0.2, 0.25) is 5.02 Å². The van der Waals surface area contributed by atoms with Crippen molar-refractivity contribution in [2.75, 3.05) is 26.1 Å². The number of halogens is 4. The Bertz CT molecular complexity index is 2270. The molecule has 2 heterocycles. The maximum atomic E-state index is 12.8. The molecule has 2 amide bonds. The molecule has 306 valence electrons. The molecular weight excluding hydrogens is 819 g/mol. The van der Waals surface area contributed by atoms with Gasteiger partial charge in [-0.2, -0.15) is 36.7 Å². The van der Waals surface area contributed by atoms with Crippen LogP contribution in [0.5, 0.6) is 23.3 Å². The quantitative estimate of drug-likeness (QED) is 0.0941. The molecule has 4 aromatic rings. The number of methoxy groups -OCH3 is 2. The molecule has 57 heavy (non-hydrogen) atoms. The van der Waals surface area contributed by atoms with E-state index in [1.54, 1.807) is 11.6 Å². The van der Waals surface area contributed by atoms with Crippen LogP contribution in [0.15, 0.2) is 53.7 Å². The zero-order chi connectivity index (χ0) is 42.8. The van der Waals surface area contributed by atoms with Gasteiger partial charge >= 0.3 is 30.1 Å². The number of urea groups is 1. The first-order valence-corrected chi connectivity index (χ1v) is 17.2. The highest BCUT2D eigenvalue weighted by Crippen LogP contribution is 2.37. The number of sulfonamides is 1. The number of aryl methyl sites for hydroxylation is 1. The van der Waals surface area contributed by atoms with Crippen molar-refractivity contribution >= 4 is 57.2 Å². The van der Waals surface area contributed by atoms with Crippen molar-refractivity contribution in [2.24, 2.45) is 7.05 Å². The molecule has 1 atom stereocenters. The zero-order valence-electron chi connectivity index (χ0n) is 29.8. The summed E-state index contributed by atoms with van der Waals surface area (Å²) in [5.41, 5.74) is -2.76. The number of esters is 2. The first-order chi connectivity index (χ1) is 26.6. The maximum absolute atomic E-state index is 12.8. The number of nitrogens with one attached hydrogen (secondary N) is 2. The third-order valence-electron chi connectivity index (χ3n) is 6.69. The Morgan fingerprint density at radius 2 is 1.67 bits per heavy atom. The molecule has 0 spiro atoms. The first-order valence-electron chi connectivity index (χ1n) is 15.4. The van der Waals surface area contributed by atoms with Crippen LogP contribution < -0.4 is 24.2 Å². The molecule has 0 saturated heterocycles. The molecule has 0 bridgehead atoms. The van der Waals surface area contributed by atoms with Gasteiger partial charge in [0.05, 0.1) is 48.6 Å². The minimum absolute atomic E-state index is 0.0398. The predicted octanol–water partition coefficient (Wildman–Crippen LogP) is 4.60. The lowest BCUT2D eigenvalue weighted by Gasteiger charge is -2.13. The Labute approximate surface area is 323 Å². The number of aromatic carboxylic acids is 1. The van der Waals surface area contributed by atoms with Gasteiger partial charge in [-0.25, -0.2) is 23.9 Å². The molecule has 0 saturated carbocycles. The Hall–Kier alpha value is -6.76. The fourth-order valence-electron chi connectivity index (χ4n) is 4.18. The summed E-state index contributed by atoms with van der Waals surface area (Å²) in [4.78, 5) is 65.1. The van der Waals surface area contributed by atoms with E-state index in [0.29, 0.717) is 6.07 Å². The van der Waals surface area contributed by atoms with Gasteiger partial charge in [0.15, 0.2) is 11.1 Å². The number of nitrogens with zero attached hydrogens (tertiary/aromatic N) is 5. The van der Waals surface area contributed by atoms with Crippen molar-refractivity contribution in [1.29, 1.82) is 0 Å². The van der Waals surface area contributed by atoms with Crippen LogP contribution >= 0.6 is 11.6 Å². The standard InChI is InChI=1S/C19H15ClF3NO7.C12H14N6O7S/c1-3-29-17(25)10(2)30-18(26)13-9-12(5-6-15(13)24(27)28)31-16-7-4-11(8-14(16)20)19(21,22)23;1-18-9(6(5-13-18)10(19)20)26(22,23)17-12(21)16-11-14-7(24-2)4-8(15-11)25-3/h4-10H,3H2,1-2H3;4-5H,1-3H3,(H,19,20)(H2,14,15,16,17,21). The largest absolute Gasteiger partial charge is 0.481 e. The lowest BCUT2D eigenvalue weighted by atomic mass is 10.1.